The average Bonchev–Trinajstić information content (AvgIpc) is 2.55. The van der Waals surface area contributed by atoms with Crippen LogP contribution in [0.3, 0.4) is 0 Å². The molecule has 2 aromatic rings. The molecular formula is C21H26N2S. The topological polar surface area (TPSA) is 6.48 Å². The van der Waals surface area contributed by atoms with Gasteiger partial charge in [-0.05, 0) is 48.4 Å². The number of nitrogens with zero attached hydrogens (tertiary/aromatic N) is 2. The van der Waals surface area contributed by atoms with E-state index in [2.05, 4.69) is 92.0 Å². The molecule has 2 rings (SSSR count). The molecule has 0 aliphatic heterocycles. The molecule has 0 amide bonds. The Hall–Kier alpha value is -2.13. The van der Waals surface area contributed by atoms with Gasteiger partial charge in [0.15, 0.2) is 0 Å². The molecule has 3 heteroatoms. The van der Waals surface area contributed by atoms with E-state index in [4.69, 9.17) is 0 Å². The normalized spacial score (nSPS) is 10.9. The van der Waals surface area contributed by atoms with Gasteiger partial charge in [0.25, 0.3) is 0 Å². The summed E-state index contributed by atoms with van der Waals surface area (Å²) < 4.78 is 0. The first-order valence-electron chi connectivity index (χ1n) is 7.97. The number of aryl methyl sites for hydroxylation is 1. The summed E-state index contributed by atoms with van der Waals surface area (Å²) in [5.41, 5.74) is 4.87. The molecule has 0 fully saturated rings. The van der Waals surface area contributed by atoms with Gasteiger partial charge < -0.3 is 9.80 Å². The highest BCUT2D eigenvalue weighted by atomic mass is 32.2. The summed E-state index contributed by atoms with van der Waals surface area (Å²) in [7, 11) is 8.22. The minimum Gasteiger partial charge on any atom is -0.378 e. The summed E-state index contributed by atoms with van der Waals surface area (Å²) in [4.78, 5) is 6.50. The second kappa shape index (κ2) is 8.11. The van der Waals surface area contributed by atoms with Gasteiger partial charge >= 0.3 is 0 Å². The molecule has 0 aliphatic carbocycles. The van der Waals surface area contributed by atoms with Crippen LogP contribution in [-0.2, 0) is 0 Å². The van der Waals surface area contributed by atoms with E-state index in [-0.39, 0.29) is 0 Å². The van der Waals surface area contributed by atoms with Gasteiger partial charge in [0.05, 0.1) is 0 Å². The lowest BCUT2D eigenvalue weighted by Crippen LogP contribution is -2.08. The SMILES string of the molecule is C=C(/C=C/c1ccc(N(C)C)cc1)Sc1cc(N(C)C)ccc1C. The molecule has 0 unspecified atom stereocenters. The molecule has 0 heterocycles. The number of rotatable bonds is 6. The summed E-state index contributed by atoms with van der Waals surface area (Å²) >= 11 is 1.71. The van der Waals surface area contributed by atoms with E-state index in [1.54, 1.807) is 11.8 Å². The van der Waals surface area contributed by atoms with E-state index in [1.165, 1.54) is 27.4 Å². The molecule has 0 aromatic heterocycles. The van der Waals surface area contributed by atoms with Gasteiger partial charge in [-0.15, -0.1) is 0 Å². The number of anilines is 2. The predicted molar refractivity (Wildman–Crippen MR) is 110 cm³/mol. The fraction of sp³-hybridized carbons (Fsp3) is 0.238. The first-order chi connectivity index (χ1) is 11.4. The van der Waals surface area contributed by atoms with Crippen LogP contribution in [0, 0.1) is 6.92 Å². The monoisotopic (exact) mass is 338 g/mol. The van der Waals surface area contributed by atoms with Gasteiger partial charge in [-0.3, -0.25) is 0 Å². The zero-order chi connectivity index (χ0) is 17.7. The minimum atomic E-state index is 1.03. The van der Waals surface area contributed by atoms with Crippen LogP contribution < -0.4 is 9.80 Å². The van der Waals surface area contributed by atoms with Crippen molar-refractivity contribution in [2.75, 3.05) is 38.0 Å². The Morgan fingerprint density at radius 3 is 2.08 bits per heavy atom. The lowest BCUT2D eigenvalue weighted by atomic mass is 10.2. The molecule has 0 saturated carbocycles. The van der Waals surface area contributed by atoms with Crippen LogP contribution in [0.4, 0.5) is 11.4 Å². The summed E-state index contributed by atoms with van der Waals surface area (Å²) in [6.45, 7) is 6.32. The maximum Gasteiger partial charge on any atom is 0.0372 e. The standard InChI is InChI=1S/C21H26N2S/c1-16-7-12-20(23(5)6)15-21(16)24-17(2)8-9-18-10-13-19(14-11-18)22(3)4/h7-15H,2H2,1,3-6H3/b9-8+. The molecular weight excluding hydrogens is 312 g/mol. The van der Waals surface area contributed by atoms with Gasteiger partial charge in [0.1, 0.15) is 0 Å². The molecule has 0 aliphatic rings. The van der Waals surface area contributed by atoms with Crippen molar-refractivity contribution < 1.29 is 0 Å². The highest BCUT2D eigenvalue weighted by Crippen LogP contribution is 2.32. The Kier molecular flexibility index (Phi) is 6.16. The van der Waals surface area contributed by atoms with Crippen molar-refractivity contribution in [3.05, 3.63) is 71.2 Å². The van der Waals surface area contributed by atoms with Crippen molar-refractivity contribution in [3.63, 3.8) is 0 Å². The van der Waals surface area contributed by atoms with Gasteiger partial charge in [-0.1, -0.05) is 42.6 Å². The molecule has 0 saturated heterocycles. The third-order valence-corrected chi connectivity index (χ3v) is 4.86. The Bertz CT molecular complexity index is 728. The number of allylic oxidation sites excluding steroid dienone is 1. The van der Waals surface area contributed by atoms with Crippen LogP contribution in [0.5, 0.6) is 0 Å². The second-order valence-corrected chi connectivity index (χ2v) is 7.40. The molecule has 0 N–H and O–H groups in total. The third-order valence-electron chi connectivity index (χ3n) is 3.80. The average molecular weight is 339 g/mol. The van der Waals surface area contributed by atoms with E-state index in [0.29, 0.717) is 0 Å². The second-order valence-electron chi connectivity index (χ2n) is 6.23. The largest absolute Gasteiger partial charge is 0.378 e. The highest BCUT2D eigenvalue weighted by molar-refractivity contribution is 8.03. The fourth-order valence-corrected chi connectivity index (χ4v) is 3.05. The van der Waals surface area contributed by atoms with Crippen LogP contribution in [0.15, 0.2) is 64.9 Å². The summed E-state index contributed by atoms with van der Waals surface area (Å²) in [5, 5.41) is 0. The maximum absolute atomic E-state index is 4.18. The highest BCUT2D eigenvalue weighted by Gasteiger charge is 2.04. The van der Waals surface area contributed by atoms with Gasteiger partial charge in [-0.25, -0.2) is 0 Å². The van der Waals surface area contributed by atoms with E-state index in [9.17, 15) is 0 Å². The van der Waals surface area contributed by atoms with E-state index < -0.39 is 0 Å². The Morgan fingerprint density at radius 2 is 1.50 bits per heavy atom. The molecule has 0 spiro atoms. The number of benzene rings is 2. The summed E-state index contributed by atoms with van der Waals surface area (Å²) in [6.07, 6.45) is 4.19. The lowest BCUT2D eigenvalue weighted by molar-refractivity contribution is 1.11. The number of hydrogen-bond donors (Lipinski definition) is 0. The molecule has 2 nitrogen and oxygen atoms in total. The van der Waals surface area contributed by atoms with Crippen LogP contribution in [-0.4, -0.2) is 28.2 Å². The Balaban J connectivity index is 2.06. The Labute approximate surface area is 150 Å². The zero-order valence-corrected chi connectivity index (χ0v) is 16.0. The predicted octanol–water partition coefficient (Wildman–Crippen LogP) is 5.45. The van der Waals surface area contributed by atoms with Crippen molar-refractivity contribution in [1.82, 2.24) is 0 Å². The van der Waals surface area contributed by atoms with Crippen LogP contribution in [0.25, 0.3) is 6.08 Å². The first kappa shape index (κ1) is 18.2. The molecule has 0 radical (unpaired) electrons. The number of hydrogen-bond acceptors (Lipinski definition) is 3. The van der Waals surface area contributed by atoms with Crippen LogP contribution in [0.2, 0.25) is 0 Å². The van der Waals surface area contributed by atoms with Gasteiger partial charge in [0, 0.05) is 49.4 Å². The molecule has 0 atom stereocenters. The van der Waals surface area contributed by atoms with E-state index >= 15 is 0 Å². The van der Waals surface area contributed by atoms with E-state index in [0.717, 1.165) is 4.91 Å². The van der Waals surface area contributed by atoms with Crippen molar-refractivity contribution in [2.24, 2.45) is 0 Å². The van der Waals surface area contributed by atoms with Crippen molar-refractivity contribution in [2.45, 2.75) is 11.8 Å². The molecule has 24 heavy (non-hydrogen) atoms. The summed E-state index contributed by atoms with van der Waals surface area (Å²) in [6, 6.07) is 15.0. The van der Waals surface area contributed by atoms with E-state index in [1.807, 2.05) is 14.1 Å². The molecule has 2 aromatic carbocycles. The smallest absolute Gasteiger partial charge is 0.0372 e. The molecule has 0 bridgehead atoms. The molecule has 126 valence electrons. The zero-order valence-electron chi connectivity index (χ0n) is 15.2. The maximum atomic E-state index is 4.18. The lowest BCUT2D eigenvalue weighted by Gasteiger charge is -2.15. The fourth-order valence-electron chi connectivity index (χ4n) is 2.22. The quantitative estimate of drug-likeness (QED) is 0.511. The summed E-state index contributed by atoms with van der Waals surface area (Å²) in [5.74, 6) is 0. The van der Waals surface area contributed by atoms with Gasteiger partial charge in [-0.2, -0.15) is 0 Å². The Morgan fingerprint density at radius 1 is 0.917 bits per heavy atom. The third kappa shape index (κ3) is 4.93. The van der Waals surface area contributed by atoms with Crippen molar-refractivity contribution in [3.8, 4) is 0 Å². The van der Waals surface area contributed by atoms with Crippen LogP contribution in [0.1, 0.15) is 11.1 Å². The van der Waals surface area contributed by atoms with Crippen molar-refractivity contribution >= 4 is 29.2 Å². The van der Waals surface area contributed by atoms with Gasteiger partial charge in [0.2, 0.25) is 0 Å². The minimum absolute atomic E-state index is 1.03. The first-order valence-corrected chi connectivity index (χ1v) is 8.78. The number of thioether (sulfide) groups is 1. The van der Waals surface area contributed by atoms with Crippen LogP contribution >= 0.6 is 11.8 Å². The van der Waals surface area contributed by atoms with Crippen molar-refractivity contribution in [1.29, 1.82) is 0 Å².